The average Bonchev–Trinajstić information content (AvgIpc) is 3.13. The predicted molar refractivity (Wildman–Crippen MR) is 119 cm³/mol. The van der Waals surface area contributed by atoms with Gasteiger partial charge in [-0.1, -0.05) is 62.0 Å². The molecule has 0 aliphatic heterocycles. The summed E-state index contributed by atoms with van der Waals surface area (Å²) in [5, 5.41) is 13.9. The number of hydrogen-bond acceptors (Lipinski definition) is 5. The molecule has 0 radical (unpaired) electrons. The number of benzene rings is 2. The van der Waals surface area contributed by atoms with Crippen LogP contribution in [-0.2, 0) is 18.0 Å². The Bertz CT molecular complexity index is 1100. The molecule has 10 heteroatoms. The summed E-state index contributed by atoms with van der Waals surface area (Å²) in [5.74, 6) is 0.369. The van der Waals surface area contributed by atoms with Crippen LogP contribution in [0.2, 0.25) is 0 Å². The summed E-state index contributed by atoms with van der Waals surface area (Å²) in [7, 11) is 1.81. The number of thioether (sulfide) groups is 1. The quantitative estimate of drug-likeness (QED) is 0.278. The van der Waals surface area contributed by atoms with Crippen LogP contribution in [0.4, 0.5) is 18.9 Å². The van der Waals surface area contributed by atoms with Gasteiger partial charge in [-0.25, -0.2) is 5.01 Å². The summed E-state index contributed by atoms with van der Waals surface area (Å²) >= 11 is 1.15. The first-order valence-corrected chi connectivity index (χ1v) is 10.8. The molecule has 168 valence electrons. The molecule has 0 fully saturated rings. The number of carbonyl (C=O) groups excluding carboxylic acids is 1. The molecule has 0 saturated heterocycles. The SMILES string of the molecule is CC(C)c1nnc(SCC(=O)N(/N=C/c2ccccc2)c2cccc(C(F)(F)F)c2)n1C. The highest BCUT2D eigenvalue weighted by atomic mass is 32.2. The Hall–Kier alpha value is -3.14. The van der Waals surface area contributed by atoms with E-state index >= 15 is 0 Å². The van der Waals surface area contributed by atoms with E-state index in [0.29, 0.717) is 10.7 Å². The number of halogens is 3. The number of carbonyl (C=O) groups is 1. The number of anilines is 1. The molecule has 0 atom stereocenters. The molecule has 0 bridgehead atoms. The van der Waals surface area contributed by atoms with Crippen molar-refractivity contribution in [3.8, 4) is 0 Å². The van der Waals surface area contributed by atoms with Crippen LogP contribution in [0.3, 0.4) is 0 Å². The summed E-state index contributed by atoms with van der Waals surface area (Å²) in [6.07, 6.45) is -3.10. The average molecular weight is 462 g/mol. The van der Waals surface area contributed by atoms with Gasteiger partial charge in [0.15, 0.2) is 5.16 Å². The monoisotopic (exact) mass is 461 g/mol. The van der Waals surface area contributed by atoms with E-state index in [1.165, 1.54) is 18.3 Å². The van der Waals surface area contributed by atoms with Crippen molar-refractivity contribution in [2.45, 2.75) is 31.1 Å². The topological polar surface area (TPSA) is 63.4 Å². The van der Waals surface area contributed by atoms with E-state index in [2.05, 4.69) is 15.3 Å². The molecule has 0 aliphatic carbocycles. The standard InChI is InChI=1S/C22H22F3N5OS/c1-15(2)20-27-28-21(29(20)3)32-14-19(31)30(26-13-16-8-5-4-6-9-16)18-11-7-10-17(12-18)22(23,24)25/h4-13,15H,14H2,1-3H3/b26-13+. The summed E-state index contributed by atoms with van der Waals surface area (Å²) in [5.41, 5.74) is -0.122. The molecule has 0 aliphatic rings. The number of rotatable bonds is 7. The van der Waals surface area contributed by atoms with Crippen LogP contribution in [0.1, 0.15) is 36.7 Å². The molecule has 32 heavy (non-hydrogen) atoms. The van der Waals surface area contributed by atoms with E-state index < -0.39 is 17.6 Å². The Morgan fingerprint density at radius 1 is 1.16 bits per heavy atom. The highest BCUT2D eigenvalue weighted by Gasteiger charge is 2.31. The van der Waals surface area contributed by atoms with Gasteiger partial charge >= 0.3 is 6.18 Å². The maximum atomic E-state index is 13.2. The second-order valence-corrected chi connectivity index (χ2v) is 8.19. The van der Waals surface area contributed by atoms with Gasteiger partial charge in [0.1, 0.15) is 5.82 Å². The Morgan fingerprint density at radius 3 is 2.50 bits per heavy atom. The molecule has 1 aromatic heterocycles. The van der Waals surface area contributed by atoms with Crippen molar-refractivity contribution in [2.24, 2.45) is 12.1 Å². The van der Waals surface area contributed by atoms with Gasteiger partial charge in [0.25, 0.3) is 5.91 Å². The fourth-order valence-corrected chi connectivity index (χ4v) is 3.66. The number of amides is 1. The van der Waals surface area contributed by atoms with Crippen LogP contribution in [-0.4, -0.2) is 32.6 Å². The van der Waals surface area contributed by atoms with Gasteiger partial charge in [-0.3, -0.25) is 4.79 Å². The molecular weight excluding hydrogens is 439 g/mol. The lowest BCUT2D eigenvalue weighted by atomic mass is 10.2. The number of alkyl halides is 3. The van der Waals surface area contributed by atoms with E-state index in [1.807, 2.05) is 19.9 Å². The van der Waals surface area contributed by atoms with E-state index in [4.69, 9.17) is 0 Å². The van der Waals surface area contributed by atoms with Crippen molar-refractivity contribution < 1.29 is 18.0 Å². The second kappa shape index (κ2) is 9.99. The van der Waals surface area contributed by atoms with Gasteiger partial charge in [-0.05, 0) is 23.8 Å². The second-order valence-electron chi connectivity index (χ2n) is 7.25. The normalized spacial score (nSPS) is 12.0. The summed E-state index contributed by atoms with van der Waals surface area (Å²) in [6.45, 7) is 3.97. The van der Waals surface area contributed by atoms with Crippen LogP contribution in [0.5, 0.6) is 0 Å². The Morgan fingerprint density at radius 2 is 1.88 bits per heavy atom. The predicted octanol–water partition coefficient (Wildman–Crippen LogP) is 5.12. The maximum Gasteiger partial charge on any atom is 0.416 e. The van der Waals surface area contributed by atoms with Crippen LogP contribution >= 0.6 is 11.8 Å². The van der Waals surface area contributed by atoms with E-state index in [1.54, 1.807) is 35.9 Å². The van der Waals surface area contributed by atoms with Crippen molar-refractivity contribution in [1.29, 1.82) is 0 Å². The van der Waals surface area contributed by atoms with Gasteiger partial charge in [-0.2, -0.15) is 18.3 Å². The van der Waals surface area contributed by atoms with Crippen molar-refractivity contribution in [3.63, 3.8) is 0 Å². The van der Waals surface area contributed by atoms with E-state index in [9.17, 15) is 18.0 Å². The molecular formula is C22H22F3N5OS. The lowest BCUT2D eigenvalue weighted by Crippen LogP contribution is -2.28. The van der Waals surface area contributed by atoms with Crippen LogP contribution in [0.15, 0.2) is 64.9 Å². The highest BCUT2D eigenvalue weighted by molar-refractivity contribution is 7.99. The molecule has 3 rings (SSSR count). The Labute approximate surface area is 188 Å². The number of hydrazone groups is 1. The third-order valence-electron chi connectivity index (χ3n) is 4.49. The van der Waals surface area contributed by atoms with Crippen molar-refractivity contribution in [3.05, 3.63) is 71.5 Å². The minimum absolute atomic E-state index is 0.0263. The van der Waals surface area contributed by atoms with Crippen LogP contribution in [0.25, 0.3) is 0 Å². The maximum absolute atomic E-state index is 13.2. The van der Waals surface area contributed by atoms with Crippen molar-refractivity contribution in [1.82, 2.24) is 14.8 Å². The first kappa shape index (κ1) is 23.5. The minimum Gasteiger partial charge on any atom is -0.309 e. The van der Waals surface area contributed by atoms with E-state index in [0.717, 1.165) is 34.7 Å². The van der Waals surface area contributed by atoms with Crippen LogP contribution < -0.4 is 5.01 Å². The summed E-state index contributed by atoms with van der Waals surface area (Å²) in [4.78, 5) is 13.0. The Kier molecular flexibility index (Phi) is 7.34. The molecule has 0 spiro atoms. The first-order valence-electron chi connectivity index (χ1n) is 9.78. The number of nitrogens with zero attached hydrogens (tertiary/aromatic N) is 5. The number of hydrogen-bond donors (Lipinski definition) is 0. The zero-order chi connectivity index (χ0) is 23.3. The number of aromatic nitrogens is 3. The lowest BCUT2D eigenvalue weighted by Gasteiger charge is -2.18. The van der Waals surface area contributed by atoms with Crippen molar-refractivity contribution in [2.75, 3.05) is 10.8 Å². The zero-order valence-electron chi connectivity index (χ0n) is 17.7. The molecule has 0 unspecified atom stereocenters. The smallest absolute Gasteiger partial charge is 0.309 e. The lowest BCUT2D eigenvalue weighted by molar-refractivity contribution is -0.137. The molecule has 6 nitrogen and oxygen atoms in total. The summed E-state index contributed by atoms with van der Waals surface area (Å²) in [6, 6.07) is 13.5. The molecule has 0 N–H and O–H groups in total. The van der Waals surface area contributed by atoms with Gasteiger partial charge in [0, 0.05) is 13.0 Å². The largest absolute Gasteiger partial charge is 0.416 e. The summed E-state index contributed by atoms with van der Waals surface area (Å²) < 4.78 is 41.4. The van der Waals surface area contributed by atoms with Gasteiger partial charge < -0.3 is 4.57 Å². The van der Waals surface area contributed by atoms with E-state index in [-0.39, 0.29) is 17.4 Å². The Balaban J connectivity index is 1.87. The zero-order valence-corrected chi connectivity index (χ0v) is 18.6. The molecule has 0 saturated carbocycles. The van der Waals surface area contributed by atoms with Gasteiger partial charge in [0.05, 0.1) is 23.2 Å². The van der Waals surface area contributed by atoms with Gasteiger partial charge in [-0.15, -0.1) is 10.2 Å². The third kappa shape index (κ3) is 5.76. The molecule has 1 heterocycles. The third-order valence-corrected chi connectivity index (χ3v) is 5.49. The molecule has 2 aromatic carbocycles. The van der Waals surface area contributed by atoms with Gasteiger partial charge in [0.2, 0.25) is 0 Å². The fraction of sp³-hybridized carbons (Fsp3) is 0.273. The first-order chi connectivity index (χ1) is 15.2. The highest BCUT2D eigenvalue weighted by Crippen LogP contribution is 2.32. The minimum atomic E-state index is -4.53. The van der Waals surface area contributed by atoms with Crippen LogP contribution in [0, 0.1) is 0 Å². The molecule has 1 amide bonds. The fourth-order valence-electron chi connectivity index (χ4n) is 2.89. The van der Waals surface area contributed by atoms with Crippen molar-refractivity contribution >= 4 is 29.6 Å². The molecule has 3 aromatic rings.